The molecule has 0 saturated heterocycles. The number of imidazole rings is 1. The second-order valence-electron chi connectivity index (χ2n) is 9.36. The third-order valence-corrected chi connectivity index (χ3v) is 6.91. The van der Waals surface area contributed by atoms with Crippen LogP contribution in [0, 0.1) is 24.0 Å². The average molecular weight is 548 g/mol. The summed E-state index contributed by atoms with van der Waals surface area (Å²) < 4.78 is 34.3. The van der Waals surface area contributed by atoms with Crippen molar-refractivity contribution >= 4 is 29.6 Å². The SMILES string of the molecule is COc1cccc(F)c1C.N=CN=C(N)c1cc2c(cn1)nc(-c1ccccc1F)n2C1CCCC(NC=O)C1. The van der Waals surface area contributed by atoms with E-state index in [0.717, 1.165) is 37.5 Å². The fourth-order valence-electron chi connectivity index (χ4n) is 4.93. The third kappa shape index (κ3) is 6.14. The molecule has 1 aliphatic rings. The maximum atomic E-state index is 14.7. The minimum absolute atomic E-state index is 0.0203. The van der Waals surface area contributed by atoms with Crippen LogP contribution >= 0.6 is 0 Å². The Morgan fingerprint density at radius 1 is 1.20 bits per heavy atom. The van der Waals surface area contributed by atoms with Crippen LogP contribution in [0.5, 0.6) is 5.75 Å². The molecule has 208 valence electrons. The van der Waals surface area contributed by atoms with Crippen LogP contribution in [0.4, 0.5) is 8.78 Å². The number of aliphatic imine (C=N–C) groups is 1. The summed E-state index contributed by atoms with van der Waals surface area (Å²) in [7, 11) is 1.53. The first-order chi connectivity index (χ1) is 19.4. The first-order valence-corrected chi connectivity index (χ1v) is 12.8. The number of amidine groups is 1. The van der Waals surface area contributed by atoms with E-state index in [0.29, 0.717) is 40.3 Å². The van der Waals surface area contributed by atoms with E-state index in [4.69, 9.17) is 15.9 Å². The van der Waals surface area contributed by atoms with Crippen molar-refractivity contribution in [1.29, 1.82) is 5.41 Å². The zero-order valence-corrected chi connectivity index (χ0v) is 22.3. The summed E-state index contributed by atoms with van der Waals surface area (Å²) in [5.74, 6) is 0.655. The molecule has 4 N–H and O–H groups in total. The molecule has 1 amide bonds. The standard InChI is InChI=1S/C21H22FN7O.C8H9FO/c22-16-7-2-1-6-15(16)21-28-18-10-25-17(20(24)26-11-23)9-19(18)29(21)14-5-3-4-13(8-14)27-12-30;1-6-7(9)4-3-5-8(6)10-2/h1-2,6-7,9-14H,3-5,8H2,(H,27,30)(H3,23,24,26);3-5H,1-2H3. The van der Waals surface area contributed by atoms with Crippen LogP contribution < -0.4 is 15.8 Å². The number of methoxy groups -OCH3 is 1. The first kappa shape index (κ1) is 28.3. The number of halogens is 2. The van der Waals surface area contributed by atoms with Gasteiger partial charge in [0, 0.05) is 17.6 Å². The summed E-state index contributed by atoms with van der Waals surface area (Å²) in [6, 6.07) is 13.2. The second-order valence-corrected chi connectivity index (χ2v) is 9.36. The van der Waals surface area contributed by atoms with E-state index in [1.165, 1.54) is 19.2 Å². The number of rotatable bonds is 7. The number of nitrogens with two attached hydrogens (primary N) is 1. The van der Waals surface area contributed by atoms with Gasteiger partial charge in [-0.2, -0.15) is 0 Å². The number of carbonyl (C=O) groups is 1. The minimum atomic E-state index is -0.356. The lowest BCUT2D eigenvalue weighted by Gasteiger charge is -2.31. The van der Waals surface area contributed by atoms with Crippen molar-refractivity contribution in [3.05, 3.63) is 77.6 Å². The van der Waals surface area contributed by atoms with Crippen molar-refractivity contribution in [2.75, 3.05) is 7.11 Å². The van der Waals surface area contributed by atoms with Crippen LogP contribution in [-0.2, 0) is 4.79 Å². The Hall–Kier alpha value is -4.67. The van der Waals surface area contributed by atoms with Crippen LogP contribution in [0.25, 0.3) is 22.4 Å². The number of pyridine rings is 1. The van der Waals surface area contributed by atoms with Crippen LogP contribution in [-0.4, -0.2) is 46.3 Å². The lowest BCUT2D eigenvalue weighted by molar-refractivity contribution is -0.110. The number of ether oxygens (including phenoxy) is 1. The fraction of sp³-hybridized carbons (Fsp3) is 0.276. The van der Waals surface area contributed by atoms with Gasteiger partial charge in [0.2, 0.25) is 6.41 Å². The van der Waals surface area contributed by atoms with E-state index in [2.05, 4.69) is 20.3 Å². The largest absolute Gasteiger partial charge is 0.496 e. The van der Waals surface area contributed by atoms with Gasteiger partial charge in [0.1, 0.15) is 40.8 Å². The molecule has 9 nitrogen and oxygen atoms in total. The molecular formula is C29H31F2N7O2. The van der Waals surface area contributed by atoms with Crippen LogP contribution in [0.15, 0.2) is 59.7 Å². The van der Waals surface area contributed by atoms with Crippen molar-refractivity contribution < 1.29 is 18.3 Å². The van der Waals surface area contributed by atoms with E-state index in [-0.39, 0.29) is 29.6 Å². The smallest absolute Gasteiger partial charge is 0.207 e. The molecule has 11 heteroatoms. The van der Waals surface area contributed by atoms with Gasteiger partial charge in [0.15, 0.2) is 5.84 Å². The number of hydrogen-bond donors (Lipinski definition) is 3. The molecule has 2 unspecified atom stereocenters. The fourth-order valence-corrected chi connectivity index (χ4v) is 4.93. The predicted molar refractivity (Wildman–Crippen MR) is 151 cm³/mol. The lowest BCUT2D eigenvalue weighted by atomic mass is 9.90. The Morgan fingerprint density at radius 2 is 1.98 bits per heavy atom. The molecule has 0 spiro atoms. The minimum Gasteiger partial charge on any atom is -0.496 e. The van der Waals surface area contributed by atoms with Crippen LogP contribution in [0.1, 0.15) is 43.0 Å². The summed E-state index contributed by atoms with van der Waals surface area (Å²) in [5.41, 5.74) is 8.69. The number of carbonyl (C=O) groups excluding carboxylic acids is 1. The molecule has 4 aromatic rings. The number of amides is 1. The Bertz CT molecular complexity index is 1540. The maximum Gasteiger partial charge on any atom is 0.207 e. The number of benzene rings is 2. The molecule has 1 fully saturated rings. The Kier molecular flexibility index (Phi) is 9.15. The summed E-state index contributed by atoms with van der Waals surface area (Å²) in [6.07, 6.45) is 6.61. The number of fused-ring (bicyclic) bond motifs is 1. The third-order valence-electron chi connectivity index (χ3n) is 6.91. The highest BCUT2D eigenvalue weighted by molar-refractivity contribution is 6.01. The van der Waals surface area contributed by atoms with Gasteiger partial charge in [0.05, 0.1) is 24.4 Å². The van der Waals surface area contributed by atoms with E-state index in [1.54, 1.807) is 49.5 Å². The van der Waals surface area contributed by atoms with Crippen molar-refractivity contribution in [3.8, 4) is 17.1 Å². The molecule has 0 radical (unpaired) electrons. The predicted octanol–water partition coefficient (Wildman–Crippen LogP) is 4.92. The zero-order chi connectivity index (χ0) is 28.6. The Balaban J connectivity index is 0.000000312. The molecule has 40 heavy (non-hydrogen) atoms. The number of aromatic nitrogens is 3. The summed E-state index contributed by atoms with van der Waals surface area (Å²) >= 11 is 0. The van der Waals surface area contributed by atoms with Crippen LogP contribution in [0.3, 0.4) is 0 Å². The quantitative estimate of drug-likeness (QED) is 0.172. The highest BCUT2D eigenvalue weighted by Crippen LogP contribution is 2.36. The number of nitrogens with one attached hydrogen (secondary N) is 2. The molecule has 1 saturated carbocycles. The molecule has 0 aliphatic heterocycles. The highest BCUT2D eigenvalue weighted by Gasteiger charge is 2.28. The normalized spacial score (nSPS) is 17.1. The van der Waals surface area contributed by atoms with Gasteiger partial charge >= 0.3 is 0 Å². The van der Waals surface area contributed by atoms with Crippen molar-refractivity contribution in [2.45, 2.75) is 44.7 Å². The van der Waals surface area contributed by atoms with Crippen molar-refractivity contribution in [2.24, 2.45) is 10.7 Å². The average Bonchev–Trinajstić information content (AvgIpc) is 3.34. The van der Waals surface area contributed by atoms with Gasteiger partial charge in [-0.05, 0) is 62.9 Å². The molecule has 1 aliphatic carbocycles. The van der Waals surface area contributed by atoms with Gasteiger partial charge in [-0.3, -0.25) is 15.2 Å². The molecule has 5 rings (SSSR count). The molecule has 2 heterocycles. The molecule has 2 atom stereocenters. The summed E-state index contributed by atoms with van der Waals surface area (Å²) in [6.45, 7) is 1.69. The van der Waals surface area contributed by atoms with Crippen LogP contribution in [0.2, 0.25) is 0 Å². The molecule has 0 bridgehead atoms. The molecule has 2 aromatic heterocycles. The first-order valence-electron chi connectivity index (χ1n) is 12.8. The zero-order valence-electron chi connectivity index (χ0n) is 22.3. The van der Waals surface area contributed by atoms with Gasteiger partial charge in [-0.25, -0.2) is 18.8 Å². The summed E-state index contributed by atoms with van der Waals surface area (Å²) in [5, 5.41) is 10.0. The number of hydrogen-bond acceptors (Lipinski definition) is 5. The topological polar surface area (TPSA) is 131 Å². The molecular weight excluding hydrogens is 516 g/mol. The van der Waals surface area contributed by atoms with Gasteiger partial charge in [-0.1, -0.05) is 18.2 Å². The van der Waals surface area contributed by atoms with Crippen molar-refractivity contribution in [1.82, 2.24) is 19.9 Å². The second kappa shape index (κ2) is 12.9. The summed E-state index contributed by atoms with van der Waals surface area (Å²) in [4.78, 5) is 23.7. The maximum absolute atomic E-state index is 14.7. The van der Waals surface area contributed by atoms with Gasteiger partial charge in [0.25, 0.3) is 0 Å². The van der Waals surface area contributed by atoms with E-state index in [1.807, 2.05) is 4.57 Å². The van der Waals surface area contributed by atoms with Gasteiger partial charge < -0.3 is 20.4 Å². The Labute approximate surface area is 230 Å². The van der Waals surface area contributed by atoms with E-state index in [9.17, 15) is 13.6 Å². The lowest BCUT2D eigenvalue weighted by Crippen LogP contribution is -2.34. The number of nitrogens with zero attached hydrogens (tertiary/aromatic N) is 4. The monoisotopic (exact) mass is 547 g/mol. The van der Waals surface area contributed by atoms with E-state index < -0.39 is 0 Å². The Morgan fingerprint density at radius 3 is 2.67 bits per heavy atom. The highest BCUT2D eigenvalue weighted by atomic mass is 19.1. The van der Waals surface area contributed by atoms with E-state index >= 15 is 0 Å². The van der Waals surface area contributed by atoms with Crippen molar-refractivity contribution in [3.63, 3.8) is 0 Å². The molecule has 2 aromatic carbocycles. The van der Waals surface area contributed by atoms with Gasteiger partial charge in [-0.15, -0.1) is 0 Å².